The summed E-state index contributed by atoms with van der Waals surface area (Å²) in [4.78, 5) is 7.92. The Morgan fingerprint density at radius 2 is 1.76 bits per heavy atom. The van der Waals surface area contributed by atoms with Crippen molar-refractivity contribution in [2.24, 2.45) is 0 Å². The van der Waals surface area contributed by atoms with Crippen molar-refractivity contribution in [1.29, 1.82) is 5.41 Å². The van der Waals surface area contributed by atoms with Crippen molar-refractivity contribution < 1.29 is 17.2 Å². The van der Waals surface area contributed by atoms with Crippen LogP contribution in [0.15, 0.2) is 53.6 Å². The van der Waals surface area contributed by atoms with Gasteiger partial charge in [0.15, 0.2) is 11.6 Å². The molecule has 2 heterocycles. The number of rotatable bonds is 5. The maximum Gasteiger partial charge on any atom is 0.262 e. The summed E-state index contributed by atoms with van der Waals surface area (Å²) in [5.74, 6) is -1.06. The zero-order valence-corrected chi connectivity index (χ0v) is 21.9. The Kier molecular flexibility index (Phi) is 6.35. The highest BCUT2D eigenvalue weighted by atomic mass is 35.5. The van der Waals surface area contributed by atoms with Gasteiger partial charge in [-0.15, -0.1) is 0 Å². The van der Waals surface area contributed by atoms with E-state index in [0.29, 0.717) is 19.6 Å². The number of nitrogens with one attached hydrogen (secondary N) is 2. The van der Waals surface area contributed by atoms with Crippen LogP contribution in [0, 0.1) is 30.9 Å². The molecule has 0 unspecified atom stereocenters. The predicted octanol–water partition coefficient (Wildman–Crippen LogP) is 5.11. The van der Waals surface area contributed by atoms with Gasteiger partial charge in [-0.25, -0.2) is 22.2 Å². The van der Waals surface area contributed by atoms with Crippen molar-refractivity contribution in [3.63, 3.8) is 0 Å². The summed E-state index contributed by atoms with van der Waals surface area (Å²) in [5, 5.41) is 9.06. The van der Waals surface area contributed by atoms with Crippen molar-refractivity contribution in [1.82, 2.24) is 9.88 Å². The van der Waals surface area contributed by atoms with Crippen molar-refractivity contribution in [2.45, 2.75) is 37.1 Å². The fourth-order valence-corrected chi connectivity index (χ4v) is 6.09. The van der Waals surface area contributed by atoms with Gasteiger partial charge in [0, 0.05) is 25.8 Å². The third-order valence-electron chi connectivity index (χ3n) is 6.91. The lowest BCUT2D eigenvalue weighted by Gasteiger charge is -2.44. The number of piperazine rings is 1. The number of aryl methyl sites for hydroxylation is 2. The van der Waals surface area contributed by atoms with Gasteiger partial charge in [-0.1, -0.05) is 29.3 Å². The first-order valence-corrected chi connectivity index (χ1v) is 13.7. The van der Waals surface area contributed by atoms with E-state index in [1.165, 1.54) is 24.3 Å². The average molecular weight is 546 g/mol. The summed E-state index contributed by atoms with van der Waals surface area (Å²) < 4.78 is 58.2. The molecular weight excluding hydrogens is 520 g/mol. The molecule has 194 valence electrons. The first-order valence-electron chi connectivity index (χ1n) is 11.8. The molecule has 37 heavy (non-hydrogen) atoms. The zero-order valence-electron chi connectivity index (χ0n) is 20.4. The second-order valence-corrected chi connectivity index (χ2v) is 11.8. The van der Waals surface area contributed by atoms with Crippen molar-refractivity contribution >= 4 is 39.0 Å². The van der Waals surface area contributed by atoms with Gasteiger partial charge in [0.2, 0.25) is 0 Å². The van der Waals surface area contributed by atoms with E-state index < -0.39 is 27.2 Å². The Morgan fingerprint density at radius 3 is 2.41 bits per heavy atom. The Hall–Kier alpha value is -3.24. The summed E-state index contributed by atoms with van der Waals surface area (Å²) in [6, 6.07) is 9.98. The molecule has 1 aliphatic carbocycles. The van der Waals surface area contributed by atoms with Crippen LogP contribution in [0.3, 0.4) is 0 Å². The van der Waals surface area contributed by atoms with Gasteiger partial charge in [-0.2, -0.15) is 0 Å². The number of benzene rings is 2. The molecule has 3 aromatic rings. The lowest BCUT2D eigenvalue weighted by molar-refractivity contribution is 0.257. The molecule has 2 fully saturated rings. The van der Waals surface area contributed by atoms with Crippen LogP contribution in [0.25, 0.3) is 0 Å². The molecule has 1 spiro atoms. The van der Waals surface area contributed by atoms with Gasteiger partial charge in [0.05, 0.1) is 26.7 Å². The number of amidine groups is 1. The number of nitrogens with zero attached hydrogens (tertiary/aromatic N) is 3. The molecule has 0 bridgehead atoms. The molecule has 2 N–H and O–H groups in total. The number of hydrogen-bond donors (Lipinski definition) is 2. The van der Waals surface area contributed by atoms with Crippen LogP contribution in [0.1, 0.15) is 29.5 Å². The van der Waals surface area contributed by atoms with Crippen LogP contribution < -0.4 is 9.62 Å². The molecule has 0 amide bonds. The summed E-state index contributed by atoms with van der Waals surface area (Å²) >= 11 is 6.45. The summed E-state index contributed by atoms with van der Waals surface area (Å²) in [6.45, 7) is 4.75. The van der Waals surface area contributed by atoms with E-state index in [9.17, 15) is 12.8 Å². The zero-order chi connectivity index (χ0) is 26.5. The molecule has 0 radical (unpaired) electrons. The van der Waals surface area contributed by atoms with Gasteiger partial charge < -0.3 is 9.80 Å². The molecular formula is C26H26ClF2N5O2S. The second-order valence-electron chi connectivity index (χ2n) is 9.66. The van der Waals surface area contributed by atoms with Crippen LogP contribution in [0.2, 0.25) is 5.02 Å². The quantitative estimate of drug-likeness (QED) is 0.343. The Morgan fingerprint density at radius 1 is 1.05 bits per heavy atom. The number of anilines is 2. The third kappa shape index (κ3) is 4.75. The highest BCUT2D eigenvalue weighted by Crippen LogP contribution is 2.47. The monoisotopic (exact) mass is 545 g/mol. The minimum absolute atomic E-state index is 0.0308. The molecule has 11 heteroatoms. The molecule has 1 aliphatic heterocycles. The minimum atomic E-state index is -4.14. The number of sulfonamides is 1. The van der Waals surface area contributed by atoms with Gasteiger partial charge in [-0.3, -0.25) is 10.1 Å². The first-order chi connectivity index (χ1) is 17.5. The molecule has 5 rings (SSSR count). The minimum Gasteiger partial charge on any atom is -0.350 e. The lowest BCUT2D eigenvalue weighted by atomic mass is 10.0. The average Bonchev–Trinajstić information content (AvgIpc) is 3.60. The normalized spacial score (nSPS) is 16.7. The molecule has 7 nitrogen and oxygen atoms in total. The van der Waals surface area contributed by atoms with E-state index in [2.05, 4.69) is 9.71 Å². The Labute approximate surface area is 219 Å². The SMILES string of the molecule is Cc1ccc(S(=O)(=O)Nc2c(F)ccc(Cl)c2C(=N)N2CCN(c3ncc(C)cc3F)CC23CC3)cc1. The number of pyridine rings is 1. The van der Waals surface area contributed by atoms with Gasteiger partial charge >= 0.3 is 0 Å². The smallest absolute Gasteiger partial charge is 0.262 e. The highest BCUT2D eigenvalue weighted by Gasteiger charge is 2.53. The Balaban J connectivity index is 1.45. The van der Waals surface area contributed by atoms with Crippen molar-refractivity contribution in [2.75, 3.05) is 29.3 Å². The van der Waals surface area contributed by atoms with Crippen molar-refractivity contribution in [3.8, 4) is 0 Å². The molecule has 1 saturated carbocycles. The van der Waals surface area contributed by atoms with Gasteiger partial charge in [0.25, 0.3) is 10.0 Å². The van der Waals surface area contributed by atoms with Crippen LogP contribution in [-0.4, -0.2) is 49.3 Å². The Bertz CT molecular complexity index is 1490. The van der Waals surface area contributed by atoms with E-state index in [1.54, 1.807) is 25.3 Å². The van der Waals surface area contributed by atoms with Crippen LogP contribution in [0.4, 0.5) is 20.3 Å². The van der Waals surface area contributed by atoms with Gasteiger partial charge in [-0.05, 0) is 62.6 Å². The fourth-order valence-electron chi connectivity index (χ4n) is 4.77. The largest absolute Gasteiger partial charge is 0.350 e. The third-order valence-corrected chi connectivity index (χ3v) is 8.60. The highest BCUT2D eigenvalue weighted by molar-refractivity contribution is 7.92. The van der Waals surface area contributed by atoms with Crippen LogP contribution in [-0.2, 0) is 10.0 Å². The maximum atomic E-state index is 15.1. The summed E-state index contributed by atoms with van der Waals surface area (Å²) in [6.07, 6.45) is 3.11. The fraction of sp³-hybridized carbons (Fsp3) is 0.308. The number of hydrogen-bond acceptors (Lipinski definition) is 5. The van der Waals surface area contributed by atoms with E-state index in [4.69, 9.17) is 17.0 Å². The van der Waals surface area contributed by atoms with Crippen LogP contribution >= 0.6 is 11.6 Å². The standard InChI is InChI=1S/C26H26ClF2N5O2S/c1-16-3-5-18(6-4-16)37(35,36)32-23-20(28)8-7-19(27)22(23)24(30)34-12-11-33(15-26(34)9-10-26)25-21(29)13-17(2)14-31-25/h3-8,13-14,30,32H,9-12,15H2,1-2H3. The molecule has 1 aromatic heterocycles. The predicted molar refractivity (Wildman–Crippen MR) is 140 cm³/mol. The summed E-state index contributed by atoms with van der Waals surface area (Å²) in [5.41, 5.74) is 0.727. The molecule has 0 atom stereocenters. The van der Waals surface area contributed by atoms with Gasteiger partial charge in [0.1, 0.15) is 11.7 Å². The summed E-state index contributed by atoms with van der Waals surface area (Å²) in [7, 11) is -4.14. The first kappa shape index (κ1) is 25.4. The van der Waals surface area contributed by atoms with Crippen LogP contribution in [0.5, 0.6) is 0 Å². The molecule has 2 aromatic carbocycles. The number of aromatic nitrogens is 1. The maximum absolute atomic E-state index is 15.1. The molecule has 1 saturated heterocycles. The van der Waals surface area contributed by atoms with E-state index in [-0.39, 0.29) is 32.8 Å². The van der Waals surface area contributed by atoms with E-state index in [1.807, 2.05) is 16.7 Å². The lowest BCUT2D eigenvalue weighted by Crippen LogP contribution is -2.57. The van der Waals surface area contributed by atoms with E-state index in [0.717, 1.165) is 30.0 Å². The van der Waals surface area contributed by atoms with E-state index >= 15 is 4.39 Å². The second kappa shape index (κ2) is 9.25. The van der Waals surface area contributed by atoms with Crippen molar-refractivity contribution in [3.05, 3.63) is 82.0 Å². The molecule has 2 aliphatic rings. The number of halogens is 3. The topological polar surface area (TPSA) is 89.4 Å².